The first-order chi connectivity index (χ1) is 12.7. The molecule has 0 atom stereocenters. The van der Waals surface area contributed by atoms with Gasteiger partial charge in [0.05, 0.1) is 6.26 Å². The van der Waals surface area contributed by atoms with Crippen LogP contribution in [0, 0.1) is 11.6 Å². The summed E-state index contributed by atoms with van der Waals surface area (Å²) in [4.78, 5) is 4.43. The maximum Gasteiger partial charge on any atom is 0.191 e. The highest BCUT2D eigenvalue weighted by molar-refractivity contribution is 5.79. The van der Waals surface area contributed by atoms with Gasteiger partial charge in [0.15, 0.2) is 5.96 Å². The third-order valence-corrected chi connectivity index (χ3v) is 3.61. The van der Waals surface area contributed by atoms with Crippen molar-refractivity contribution in [2.75, 3.05) is 26.2 Å². The number of nitrogens with one attached hydrogen (secondary N) is 2. The van der Waals surface area contributed by atoms with Crippen LogP contribution in [-0.4, -0.2) is 32.2 Å². The van der Waals surface area contributed by atoms with Crippen LogP contribution in [0.5, 0.6) is 0 Å². The fourth-order valence-corrected chi connectivity index (χ4v) is 2.34. The molecule has 7 heteroatoms. The molecule has 2 N–H and O–H groups in total. The van der Waals surface area contributed by atoms with Gasteiger partial charge in [0.1, 0.15) is 24.0 Å². The average Bonchev–Trinajstić information content (AvgIpc) is 3.13. The molecular weight excluding hydrogens is 340 g/mol. The summed E-state index contributed by atoms with van der Waals surface area (Å²) < 4.78 is 37.9. The minimum absolute atomic E-state index is 0.0853. The summed E-state index contributed by atoms with van der Waals surface area (Å²) in [7, 11) is 0. The number of hydrogen-bond donors (Lipinski definition) is 2. The number of furan rings is 1. The second kappa shape index (κ2) is 11.3. The molecule has 26 heavy (non-hydrogen) atoms. The molecule has 0 unspecified atom stereocenters. The van der Waals surface area contributed by atoms with Crippen molar-refractivity contribution in [1.29, 1.82) is 0 Å². The molecule has 142 valence electrons. The number of benzene rings is 1. The monoisotopic (exact) mass is 365 g/mol. The van der Waals surface area contributed by atoms with E-state index < -0.39 is 11.6 Å². The summed E-state index contributed by atoms with van der Waals surface area (Å²) in [6, 6.07) is 7.58. The molecular formula is C19H25F2N3O2. The predicted molar refractivity (Wildman–Crippen MR) is 97.0 cm³/mol. The Balaban J connectivity index is 1.68. The van der Waals surface area contributed by atoms with Crippen molar-refractivity contribution in [3.8, 4) is 0 Å². The molecule has 1 aromatic heterocycles. The van der Waals surface area contributed by atoms with Crippen LogP contribution in [0.4, 0.5) is 8.78 Å². The van der Waals surface area contributed by atoms with Crippen LogP contribution in [0.15, 0.2) is 46.0 Å². The van der Waals surface area contributed by atoms with Crippen LogP contribution in [0.1, 0.15) is 24.7 Å². The smallest absolute Gasteiger partial charge is 0.191 e. The van der Waals surface area contributed by atoms with Crippen molar-refractivity contribution in [3.63, 3.8) is 0 Å². The van der Waals surface area contributed by atoms with Crippen LogP contribution >= 0.6 is 0 Å². The fourth-order valence-electron chi connectivity index (χ4n) is 2.34. The first-order valence-electron chi connectivity index (χ1n) is 8.76. The number of nitrogens with zero attached hydrogens (tertiary/aromatic N) is 1. The van der Waals surface area contributed by atoms with Crippen molar-refractivity contribution in [1.82, 2.24) is 10.6 Å². The van der Waals surface area contributed by atoms with Crippen LogP contribution in [-0.2, 0) is 17.8 Å². The third-order valence-electron chi connectivity index (χ3n) is 3.61. The quantitative estimate of drug-likeness (QED) is 0.385. The largest absolute Gasteiger partial charge is 0.467 e. The zero-order valence-electron chi connectivity index (χ0n) is 14.9. The van der Waals surface area contributed by atoms with Gasteiger partial charge in [0.2, 0.25) is 0 Å². The molecule has 2 aromatic rings. The molecule has 0 saturated carbocycles. The molecule has 0 radical (unpaired) electrons. The second-order valence-corrected chi connectivity index (χ2v) is 5.62. The zero-order chi connectivity index (χ0) is 18.6. The number of hydrogen-bond acceptors (Lipinski definition) is 3. The Morgan fingerprint density at radius 2 is 1.96 bits per heavy atom. The number of rotatable bonds is 10. The maximum atomic E-state index is 13.6. The van der Waals surface area contributed by atoms with Gasteiger partial charge in [0.25, 0.3) is 0 Å². The van der Waals surface area contributed by atoms with Crippen molar-refractivity contribution >= 4 is 5.96 Å². The summed E-state index contributed by atoms with van der Waals surface area (Å²) in [5.41, 5.74) is 0.0853. The van der Waals surface area contributed by atoms with E-state index in [-0.39, 0.29) is 12.0 Å². The Kier molecular flexibility index (Phi) is 8.62. The van der Waals surface area contributed by atoms with Gasteiger partial charge in [-0.25, -0.2) is 8.78 Å². The topological polar surface area (TPSA) is 58.8 Å². The Morgan fingerprint density at radius 1 is 1.15 bits per heavy atom. The third kappa shape index (κ3) is 6.84. The van der Waals surface area contributed by atoms with E-state index in [9.17, 15) is 8.78 Å². The summed E-state index contributed by atoms with van der Waals surface area (Å²) in [6.45, 7) is 4.66. The van der Waals surface area contributed by atoms with E-state index in [4.69, 9.17) is 9.15 Å². The lowest BCUT2D eigenvalue weighted by Gasteiger charge is -2.12. The highest BCUT2D eigenvalue weighted by Crippen LogP contribution is 2.11. The van der Waals surface area contributed by atoms with E-state index >= 15 is 0 Å². The Labute approximate surface area is 152 Å². The molecule has 0 amide bonds. The van der Waals surface area contributed by atoms with Gasteiger partial charge in [-0.15, -0.1) is 0 Å². The highest BCUT2D eigenvalue weighted by atomic mass is 19.1. The molecule has 0 aliphatic carbocycles. The summed E-state index contributed by atoms with van der Waals surface area (Å²) in [5, 5.41) is 6.19. The van der Waals surface area contributed by atoms with E-state index in [1.165, 1.54) is 18.2 Å². The van der Waals surface area contributed by atoms with Gasteiger partial charge in [-0.05, 0) is 44.0 Å². The molecule has 0 aliphatic heterocycles. The fraction of sp³-hybridized carbons (Fsp3) is 0.421. The summed E-state index contributed by atoms with van der Waals surface area (Å²) in [5.74, 6) is 0.365. The van der Waals surface area contributed by atoms with Crippen molar-refractivity contribution in [3.05, 3.63) is 59.6 Å². The highest BCUT2D eigenvalue weighted by Gasteiger charge is 2.08. The van der Waals surface area contributed by atoms with Gasteiger partial charge < -0.3 is 19.8 Å². The van der Waals surface area contributed by atoms with Crippen LogP contribution in [0.3, 0.4) is 0 Å². The van der Waals surface area contributed by atoms with Crippen LogP contribution in [0.2, 0.25) is 0 Å². The van der Waals surface area contributed by atoms with E-state index in [0.29, 0.717) is 38.8 Å². The molecule has 1 aromatic carbocycles. The van der Waals surface area contributed by atoms with Gasteiger partial charge in [-0.3, -0.25) is 4.99 Å². The van der Waals surface area contributed by atoms with E-state index in [1.807, 2.05) is 19.1 Å². The van der Waals surface area contributed by atoms with Gasteiger partial charge in [-0.2, -0.15) is 0 Å². The lowest BCUT2D eigenvalue weighted by atomic mass is 10.1. The zero-order valence-corrected chi connectivity index (χ0v) is 14.9. The van der Waals surface area contributed by atoms with Crippen LogP contribution in [0.25, 0.3) is 0 Å². The molecule has 0 bridgehead atoms. The number of guanidine groups is 1. The molecule has 1 heterocycles. The standard InChI is InChI=1S/C19H25F2N3O2/c1-2-22-19(23-10-5-12-25-14-15-6-4-13-26-15)24-11-9-16-17(20)7-3-8-18(16)21/h3-4,6-8,13H,2,5,9-12,14H2,1H3,(H2,22,23,24). The SMILES string of the molecule is CCNC(=NCCCOCc1ccco1)NCCc1c(F)cccc1F. The first kappa shape index (κ1) is 19.9. The minimum atomic E-state index is -0.526. The Morgan fingerprint density at radius 3 is 2.65 bits per heavy atom. The van der Waals surface area contributed by atoms with Crippen molar-refractivity contribution in [2.24, 2.45) is 4.99 Å². The number of ether oxygens (including phenoxy) is 1. The molecule has 0 aliphatic rings. The normalized spacial score (nSPS) is 11.6. The molecule has 0 fully saturated rings. The Hall–Kier alpha value is -2.41. The Bertz CT molecular complexity index is 655. The maximum absolute atomic E-state index is 13.6. The molecule has 2 rings (SSSR count). The van der Waals surface area contributed by atoms with Gasteiger partial charge >= 0.3 is 0 Å². The van der Waals surface area contributed by atoms with Gasteiger partial charge in [0, 0.05) is 31.8 Å². The summed E-state index contributed by atoms with van der Waals surface area (Å²) >= 11 is 0. The molecule has 5 nitrogen and oxygen atoms in total. The van der Waals surface area contributed by atoms with Gasteiger partial charge in [-0.1, -0.05) is 6.07 Å². The number of aliphatic imine (C=N–C) groups is 1. The van der Waals surface area contributed by atoms with E-state index in [0.717, 1.165) is 12.2 Å². The number of halogens is 2. The lowest BCUT2D eigenvalue weighted by molar-refractivity contribution is 0.105. The van der Waals surface area contributed by atoms with E-state index in [2.05, 4.69) is 15.6 Å². The summed E-state index contributed by atoms with van der Waals surface area (Å²) in [6.07, 6.45) is 2.62. The molecule has 0 saturated heterocycles. The lowest BCUT2D eigenvalue weighted by Crippen LogP contribution is -2.38. The minimum Gasteiger partial charge on any atom is -0.467 e. The molecule has 0 spiro atoms. The van der Waals surface area contributed by atoms with Crippen molar-refractivity contribution in [2.45, 2.75) is 26.4 Å². The predicted octanol–water partition coefficient (Wildman–Crippen LogP) is 3.26. The van der Waals surface area contributed by atoms with Crippen molar-refractivity contribution < 1.29 is 17.9 Å². The van der Waals surface area contributed by atoms with E-state index in [1.54, 1.807) is 6.26 Å². The van der Waals surface area contributed by atoms with Crippen LogP contribution < -0.4 is 10.6 Å². The second-order valence-electron chi connectivity index (χ2n) is 5.62. The first-order valence-corrected chi connectivity index (χ1v) is 8.76. The average molecular weight is 365 g/mol.